The Balaban J connectivity index is 0. The van der Waals surface area contributed by atoms with E-state index in [1.807, 2.05) is 0 Å². The maximum absolute atomic E-state index is 10.0. The molecule has 0 unspecified atom stereocenters. The van der Waals surface area contributed by atoms with E-state index < -0.39 is 26.9 Å². The number of carbonyl (C=O) groups is 1. The summed E-state index contributed by atoms with van der Waals surface area (Å²) in [6.07, 6.45) is 0. The minimum absolute atomic E-state index is 0. The molecule has 0 amide bonds. The van der Waals surface area contributed by atoms with Crippen LogP contribution in [0.15, 0.2) is 0 Å². The molecule has 0 aliphatic rings. The van der Waals surface area contributed by atoms with Gasteiger partial charge in [0.05, 0.1) is 12.0 Å². The zero-order chi connectivity index (χ0) is 9.07. The molecular formula is C3H6NNaO5S2-. The van der Waals surface area contributed by atoms with Crippen molar-refractivity contribution in [2.75, 3.05) is 5.75 Å². The fourth-order valence-corrected chi connectivity index (χ4v) is 1.64. The predicted molar refractivity (Wildman–Crippen MR) is 42.7 cm³/mol. The van der Waals surface area contributed by atoms with Gasteiger partial charge in [-0.2, -0.15) is 8.42 Å². The van der Waals surface area contributed by atoms with Gasteiger partial charge in [-0.3, -0.25) is 4.55 Å². The molecule has 0 bridgehead atoms. The van der Waals surface area contributed by atoms with E-state index in [2.05, 4.69) is 0 Å². The molecule has 0 aliphatic heterocycles. The molecule has 0 aromatic heterocycles. The maximum atomic E-state index is 10.0. The average molecular weight is 223 g/mol. The molecule has 6 nitrogen and oxygen atoms in total. The van der Waals surface area contributed by atoms with Gasteiger partial charge in [0, 0.05) is 35.3 Å². The Morgan fingerprint density at radius 1 is 1.67 bits per heavy atom. The van der Waals surface area contributed by atoms with E-state index in [1.165, 1.54) is 0 Å². The average Bonchev–Trinajstić information content (AvgIpc) is 1.80. The first-order valence-electron chi connectivity index (χ1n) is 2.41. The van der Waals surface area contributed by atoms with Gasteiger partial charge in [0.1, 0.15) is 0 Å². The minimum atomic E-state index is -4.21. The van der Waals surface area contributed by atoms with Crippen molar-refractivity contribution >= 4 is 55.5 Å². The van der Waals surface area contributed by atoms with Crippen molar-refractivity contribution in [3.05, 3.63) is 0 Å². The molecule has 12 heavy (non-hydrogen) atoms. The standard InChI is InChI=1S/C3H7NO5S2.Na/c4-2(3(5)6)1-10-11(7,8)9;/h2H,1,4H2,(H,5,6)(H,7,8,9);/p-1/t2-;/m0./s1. The van der Waals surface area contributed by atoms with Crippen LogP contribution in [0, 0.1) is 0 Å². The predicted octanol–water partition coefficient (Wildman–Crippen LogP) is -2.78. The summed E-state index contributed by atoms with van der Waals surface area (Å²) in [6, 6.07) is -1.39. The summed E-state index contributed by atoms with van der Waals surface area (Å²) in [5.74, 6) is -1.98. The fraction of sp³-hybridized carbons (Fsp3) is 0.667. The van der Waals surface area contributed by atoms with Crippen LogP contribution in [0.25, 0.3) is 0 Å². The molecule has 1 radical (unpaired) electrons. The van der Waals surface area contributed by atoms with Gasteiger partial charge in [-0.25, -0.2) is 0 Å². The first-order chi connectivity index (χ1) is 4.83. The quantitative estimate of drug-likeness (QED) is 0.300. The Kier molecular flexibility index (Phi) is 7.83. The van der Waals surface area contributed by atoms with Crippen LogP contribution in [-0.2, 0) is 13.9 Å². The summed E-state index contributed by atoms with van der Waals surface area (Å²) in [4.78, 5) is 9.89. The Morgan fingerprint density at radius 3 is 2.33 bits per heavy atom. The molecule has 0 spiro atoms. The Morgan fingerprint density at radius 2 is 2.08 bits per heavy atom. The molecule has 0 aliphatic carbocycles. The van der Waals surface area contributed by atoms with Crippen molar-refractivity contribution in [2.45, 2.75) is 6.04 Å². The van der Waals surface area contributed by atoms with E-state index in [0.29, 0.717) is 0 Å². The SMILES string of the molecule is N[C@@H](CSS(=O)(=O)O)C(=O)[O-].[Na]. The zero-order valence-corrected chi connectivity index (χ0v) is 9.89. The van der Waals surface area contributed by atoms with E-state index in [9.17, 15) is 18.3 Å². The van der Waals surface area contributed by atoms with Gasteiger partial charge >= 0.3 is 9.15 Å². The fourth-order valence-electron chi connectivity index (χ4n) is 0.227. The van der Waals surface area contributed by atoms with Crippen LogP contribution in [0.5, 0.6) is 0 Å². The van der Waals surface area contributed by atoms with Crippen molar-refractivity contribution in [1.29, 1.82) is 0 Å². The van der Waals surface area contributed by atoms with Gasteiger partial charge in [-0.05, 0) is 10.8 Å². The van der Waals surface area contributed by atoms with Crippen LogP contribution in [0.2, 0.25) is 0 Å². The van der Waals surface area contributed by atoms with E-state index in [-0.39, 0.29) is 40.4 Å². The van der Waals surface area contributed by atoms with Gasteiger partial charge in [-0.15, -0.1) is 0 Å². The Labute approximate surface area is 95.3 Å². The largest absolute Gasteiger partial charge is 0.548 e. The van der Waals surface area contributed by atoms with E-state index in [4.69, 9.17) is 10.3 Å². The monoisotopic (exact) mass is 223 g/mol. The van der Waals surface area contributed by atoms with Crippen LogP contribution >= 0.6 is 10.8 Å². The van der Waals surface area contributed by atoms with Gasteiger partial charge in [-0.1, -0.05) is 0 Å². The minimum Gasteiger partial charge on any atom is -0.548 e. The summed E-state index contributed by atoms with van der Waals surface area (Å²) < 4.78 is 28.1. The molecule has 0 rings (SSSR count). The van der Waals surface area contributed by atoms with Crippen molar-refractivity contribution in [3.63, 3.8) is 0 Å². The number of carboxylic acid groups (broad SMARTS) is 1. The third kappa shape index (κ3) is 8.78. The summed E-state index contributed by atoms with van der Waals surface area (Å²) in [7, 11) is -4.16. The normalized spacial score (nSPS) is 13.2. The van der Waals surface area contributed by atoms with E-state index in [1.54, 1.807) is 0 Å². The third-order valence-corrected chi connectivity index (χ3v) is 2.79. The second-order valence-corrected chi connectivity index (χ2v) is 5.03. The van der Waals surface area contributed by atoms with Crippen LogP contribution in [-0.4, -0.2) is 60.3 Å². The Bertz CT molecular complexity index is 239. The molecule has 0 heterocycles. The number of rotatable bonds is 4. The molecule has 9 heteroatoms. The van der Waals surface area contributed by atoms with Crippen LogP contribution in [0.4, 0.5) is 0 Å². The number of carbonyl (C=O) groups excluding carboxylic acids is 1. The molecule has 1 atom stereocenters. The molecule has 0 aromatic carbocycles. The van der Waals surface area contributed by atoms with Crippen LogP contribution < -0.4 is 10.8 Å². The van der Waals surface area contributed by atoms with Crippen molar-refractivity contribution < 1.29 is 22.9 Å². The summed E-state index contributed by atoms with van der Waals surface area (Å²) in [5, 5.41) is 9.89. The smallest absolute Gasteiger partial charge is 0.319 e. The molecule has 0 saturated carbocycles. The number of hydrogen-bond donors (Lipinski definition) is 2. The zero-order valence-electron chi connectivity index (χ0n) is 6.26. The van der Waals surface area contributed by atoms with Crippen LogP contribution in [0.1, 0.15) is 0 Å². The number of aliphatic carboxylic acids is 1. The van der Waals surface area contributed by atoms with E-state index >= 15 is 0 Å². The third-order valence-electron chi connectivity index (χ3n) is 0.699. The molecule has 0 fully saturated rings. The number of hydrogen-bond acceptors (Lipinski definition) is 6. The molecule has 3 N–H and O–H groups in total. The first-order valence-corrected chi connectivity index (χ1v) is 5.35. The summed E-state index contributed by atoms with van der Waals surface area (Å²) >= 11 is 0. The Hall–Kier alpha value is 0.690. The number of nitrogens with two attached hydrogens (primary N) is 1. The van der Waals surface area contributed by atoms with Crippen LogP contribution in [0.3, 0.4) is 0 Å². The summed E-state index contributed by atoms with van der Waals surface area (Å²) in [6.45, 7) is 0. The van der Waals surface area contributed by atoms with E-state index in [0.717, 1.165) is 0 Å². The maximum Gasteiger partial charge on any atom is 0.319 e. The van der Waals surface area contributed by atoms with Gasteiger partial charge in [0.15, 0.2) is 0 Å². The van der Waals surface area contributed by atoms with Gasteiger partial charge < -0.3 is 15.6 Å². The first kappa shape index (κ1) is 15.2. The van der Waals surface area contributed by atoms with Crippen molar-refractivity contribution in [3.8, 4) is 0 Å². The molecule has 67 valence electrons. The summed E-state index contributed by atoms with van der Waals surface area (Å²) in [5.41, 5.74) is 4.87. The second-order valence-electron chi connectivity index (χ2n) is 1.64. The van der Waals surface area contributed by atoms with Gasteiger partial charge in [0.2, 0.25) is 0 Å². The topological polar surface area (TPSA) is 121 Å². The number of carboxylic acids is 1. The van der Waals surface area contributed by atoms with Gasteiger partial charge in [0.25, 0.3) is 0 Å². The molecular weight excluding hydrogens is 217 g/mol. The molecule has 0 aromatic rings. The van der Waals surface area contributed by atoms with Crippen molar-refractivity contribution in [1.82, 2.24) is 0 Å². The second kappa shape index (κ2) is 6.19. The molecule has 0 saturated heterocycles. The van der Waals surface area contributed by atoms with Crippen molar-refractivity contribution in [2.24, 2.45) is 5.73 Å².